The molecule has 0 aliphatic carbocycles. The van der Waals surface area contributed by atoms with Crippen molar-refractivity contribution in [3.05, 3.63) is 124 Å². The lowest BCUT2D eigenvalue weighted by molar-refractivity contribution is -0.274. The molecule has 242 valence electrons. The highest BCUT2D eigenvalue weighted by Crippen LogP contribution is 2.31. The normalized spacial score (nSPS) is 11.5. The highest BCUT2D eigenvalue weighted by molar-refractivity contribution is 6.36. The third kappa shape index (κ3) is 9.64. The largest absolute Gasteiger partial charge is 0.573 e. The van der Waals surface area contributed by atoms with Crippen LogP contribution in [0.5, 0.6) is 11.5 Å². The molecule has 0 N–H and O–H groups in total. The van der Waals surface area contributed by atoms with E-state index < -0.39 is 6.36 Å². The number of imidazole rings is 1. The zero-order valence-corrected chi connectivity index (χ0v) is 26.6. The van der Waals surface area contributed by atoms with Crippen LogP contribution in [0.1, 0.15) is 29.8 Å². The Hall–Kier alpha value is -4.73. The Labute approximate surface area is 279 Å². The number of benzene rings is 4. The Balaban J connectivity index is 1.31. The molecule has 0 saturated carbocycles. The Morgan fingerprint density at radius 1 is 0.872 bits per heavy atom. The summed E-state index contributed by atoms with van der Waals surface area (Å²) in [5.74, 6) is 0.791. The number of carbonyl (C=O) groups is 1. The Morgan fingerprint density at radius 3 is 2.17 bits per heavy atom. The van der Waals surface area contributed by atoms with Crippen molar-refractivity contribution in [1.82, 2.24) is 9.55 Å². The van der Waals surface area contributed by atoms with Gasteiger partial charge in [-0.1, -0.05) is 77.8 Å². The minimum atomic E-state index is -4.76. The number of hydrogen-bond acceptors (Lipinski definition) is 5. The number of ether oxygens (including phenoxy) is 3. The summed E-state index contributed by atoms with van der Waals surface area (Å²) in [4.78, 5) is 16.0. The van der Waals surface area contributed by atoms with Crippen molar-refractivity contribution < 1.29 is 32.2 Å². The average molecular weight is 682 g/mol. The summed E-state index contributed by atoms with van der Waals surface area (Å²) in [5, 5.41) is 0.944. The van der Waals surface area contributed by atoms with Crippen molar-refractivity contribution in [2.45, 2.75) is 25.7 Å². The number of methoxy groups -OCH3 is 1. The molecule has 0 bridgehead atoms. The van der Waals surface area contributed by atoms with E-state index in [2.05, 4.69) is 9.47 Å². The highest BCUT2D eigenvalue weighted by Gasteiger charge is 2.31. The predicted molar refractivity (Wildman–Crippen MR) is 177 cm³/mol. The van der Waals surface area contributed by atoms with Gasteiger partial charge >= 0.3 is 12.3 Å². The Bertz CT molecular complexity index is 1840. The van der Waals surface area contributed by atoms with E-state index in [4.69, 9.17) is 32.9 Å². The van der Waals surface area contributed by atoms with Crippen molar-refractivity contribution in [3.63, 3.8) is 0 Å². The lowest BCUT2D eigenvalue weighted by Gasteiger charge is -2.10. The predicted octanol–water partition coefficient (Wildman–Crippen LogP) is 9.97. The quantitative estimate of drug-likeness (QED) is 0.0969. The second-order valence-corrected chi connectivity index (χ2v) is 11.3. The van der Waals surface area contributed by atoms with E-state index in [-0.39, 0.29) is 11.7 Å². The molecule has 0 aliphatic heterocycles. The van der Waals surface area contributed by atoms with Crippen molar-refractivity contribution in [2.24, 2.45) is 0 Å². The molecule has 0 atom stereocenters. The number of aromatic nitrogens is 2. The van der Waals surface area contributed by atoms with Crippen LogP contribution in [0.25, 0.3) is 34.5 Å². The molecule has 6 nitrogen and oxygen atoms in total. The van der Waals surface area contributed by atoms with Gasteiger partial charge in [0.1, 0.15) is 17.3 Å². The number of hydrogen-bond donors (Lipinski definition) is 0. The molecule has 0 amide bonds. The first-order valence-electron chi connectivity index (χ1n) is 14.5. The van der Waals surface area contributed by atoms with Crippen LogP contribution in [-0.2, 0) is 16.1 Å². The minimum Gasteiger partial charge on any atom is -0.494 e. The van der Waals surface area contributed by atoms with E-state index >= 15 is 0 Å². The second-order valence-electron chi connectivity index (χ2n) is 10.4. The van der Waals surface area contributed by atoms with Gasteiger partial charge in [-0.2, -0.15) is 0 Å². The first-order chi connectivity index (χ1) is 22.6. The van der Waals surface area contributed by atoms with Crippen molar-refractivity contribution >= 4 is 41.3 Å². The maximum absolute atomic E-state index is 12.6. The van der Waals surface area contributed by atoms with Crippen molar-refractivity contribution in [2.75, 3.05) is 13.7 Å². The summed E-state index contributed by atoms with van der Waals surface area (Å²) in [5.41, 5.74) is 5.05. The molecule has 5 aromatic rings. The van der Waals surface area contributed by atoms with E-state index in [1.54, 1.807) is 30.3 Å². The number of carbonyl (C=O) groups excluding carboxylic acids is 1. The van der Waals surface area contributed by atoms with E-state index in [1.165, 1.54) is 19.2 Å². The van der Waals surface area contributed by atoms with Gasteiger partial charge in [0, 0.05) is 29.7 Å². The van der Waals surface area contributed by atoms with Gasteiger partial charge in [-0.3, -0.25) is 4.79 Å². The highest BCUT2D eigenvalue weighted by atomic mass is 35.5. The molecule has 0 fully saturated rings. The van der Waals surface area contributed by atoms with Crippen LogP contribution in [0.2, 0.25) is 10.0 Å². The molecule has 4 aromatic carbocycles. The lowest BCUT2D eigenvalue weighted by atomic mass is 10.0. The van der Waals surface area contributed by atoms with Crippen LogP contribution in [0, 0.1) is 0 Å². The van der Waals surface area contributed by atoms with E-state index in [0.717, 1.165) is 28.0 Å². The van der Waals surface area contributed by atoms with Crippen molar-refractivity contribution in [1.29, 1.82) is 0 Å². The van der Waals surface area contributed by atoms with Crippen LogP contribution in [0.4, 0.5) is 13.2 Å². The lowest BCUT2D eigenvalue weighted by Crippen LogP contribution is -2.17. The number of rotatable bonds is 12. The standard InChI is InChI=1S/C36H29Cl2F3N2O4/c1-45-35(44)3-2-20-46-29-16-11-27(12-17-29)26-9-4-24(5-10-26)8-19-34-42-33(31-18-13-28(37)21-32(31)38)23-43(34)22-25-6-14-30(15-7-25)47-36(39,40)41/h4-19,21,23H,2-3,20,22H2,1H3/b19-8+. The first-order valence-corrected chi connectivity index (χ1v) is 15.3. The molecular weight excluding hydrogens is 652 g/mol. The van der Waals surface area contributed by atoms with Crippen LogP contribution < -0.4 is 9.47 Å². The molecule has 5 rings (SSSR count). The topological polar surface area (TPSA) is 62.6 Å². The summed E-state index contributed by atoms with van der Waals surface area (Å²) < 4.78 is 54.1. The summed E-state index contributed by atoms with van der Waals surface area (Å²) in [6, 6.07) is 26.6. The smallest absolute Gasteiger partial charge is 0.494 e. The summed E-state index contributed by atoms with van der Waals surface area (Å²) in [6.07, 6.45) is 1.77. The average Bonchev–Trinajstić information content (AvgIpc) is 3.44. The van der Waals surface area contributed by atoms with Gasteiger partial charge in [0.15, 0.2) is 0 Å². The number of halogens is 5. The molecule has 0 saturated heterocycles. The molecule has 0 aliphatic rings. The Kier molecular flexibility index (Phi) is 10.9. The summed E-state index contributed by atoms with van der Waals surface area (Å²) in [7, 11) is 1.37. The molecule has 0 unspecified atom stereocenters. The molecule has 1 aromatic heterocycles. The van der Waals surface area contributed by atoms with Crippen LogP contribution in [-0.4, -0.2) is 35.6 Å². The van der Waals surface area contributed by atoms with Crippen LogP contribution in [0.15, 0.2) is 97.2 Å². The molecule has 47 heavy (non-hydrogen) atoms. The fourth-order valence-electron chi connectivity index (χ4n) is 4.72. The molecule has 0 spiro atoms. The van der Waals surface area contributed by atoms with E-state index in [0.29, 0.717) is 53.1 Å². The summed E-state index contributed by atoms with van der Waals surface area (Å²) >= 11 is 12.6. The fourth-order valence-corrected chi connectivity index (χ4v) is 5.23. The first kappa shape index (κ1) is 33.6. The molecular formula is C36H29Cl2F3N2O4. The Morgan fingerprint density at radius 2 is 1.53 bits per heavy atom. The third-order valence-electron chi connectivity index (χ3n) is 7.07. The van der Waals surface area contributed by atoms with Gasteiger partial charge < -0.3 is 18.8 Å². The van der Waals surface area contributed by atoms with Gasteiger partial charge in [-0.05, 0) is 77.2 Å². The number of nitrogens with zero attached hydrogens (tertiary/aromatic N) is 2. The molecule has 0 radical (unpaired) electrons. The van der Waals surface area contributed by atoms with Gasteiger partial charge in [-0.15, -0.1) is 13.2 Å². The van der Waals surface area contributed by atoms with E-state index in [9.17, 15) is 18.0 Å². The van der Waals surface area contributed by atoms with Gasteiger partial charge in [0.05, 0.1) is 24.4 Å². The van der Waals surface area contributed by atoms with Crippen LogP contribution in [0.3, 0.4) is 0 Å². The molecule has 11 heteroatoms. The fraction of sp³-hybridized carbons (Fsp3) is 0.167. The SMILES string of the molecule is COC(=O)CCCOc1ccc(-c2ccc(/C=C/c3nc(-c4ccc(Cl)cc4Cl)cn3Cc3ccc(OC(F)(F)F)cc3)cc2)cc1. The maximum atomic E-state index is 12.6. The van der Waals surface area contributed by atoms with Crippen LogP contribution >= 0.6 is 23.2 Å². The van der Waals surface area contributed by atoms with Gasteiger partial charge in [-0.25, -0.2) is 4.98 Å². The number of alkyl halides is 3. The second kappa shape index (κ2) is 15.2. The summed E-state index contributed by atoms with van der Waals surface area (Å²) in [6.45, 7) is 0.763. The minimum absolute atomic E-state index is 0.257. The zero-order chi connectivity index (χ0) is 33.4. The van der Waals surface area contributed by atoms with Gasteiger partial charge in [0.2, 0.25) is 0 Å². The maximum Gasteiger partial charge on any atom is 0.573 e. The third-order valence-corrected chi connectivity index (χ3v) is 7.62. The van der Waals surface area contributed by atoms with E-state index in [1.807, 2.05) is 71.4 Å². The zero-order valence-electron chi connectivity index (χ0n) is 25.1. The van der Waals surface area contributed by atoms with Crippen molar-refractivity contribution in [3.8, 4) is 33.9 Å². The molecule has 1 heterocycles. The monoisotopic (exact) mass is 680 g/mol. The number of esters is 1. The van der Waals surface area contributed by atoms with Gasteiger partial charge in [0.25, 0.3) is 0 Å².